The molecule has 1 aromatic carbocycles. The van der Waals surface area contributed by atoms with E-state index in [4.69, 9.17) is 14.2 Å². The molecule has 0 aliphatic rings. The first-order valence-electron chi connectivity index (χ1n) is 9.21. The van der Waals surface area contributed by atoms with Crippen LogP contribution in [0.5, 0.6) is 11.5 Å². The van der Waals surface area contributed by atoms with E-state index in [9.17, 15) is 4.79 Å². The number of thiazole rings is 1. The number of carbonyl (C=O) groups excluding carboxylic acids is 1. The van der Waals surface area contributed by atoms with E-state index in [1.54, 1.807) is 25.6 Å². The van der Waals surface area contributed by atoms with Gasteiger partial charge in [0.15, 0.2) is 11.5 Å². The van der Waals surface area contributed by atoms with Crippen LogP contribution in [0.3, 0.4) is 0 Å². The number of nitrogens with one attached hydrogen (secondary N) is 1. The summed E-state index contributed by atoms with van der Waals surface area (Å²) in [7, 11) is 1.62. The summed E-state index contributed by atoms with van der Waals surface area (Å²) >= 11 is 1.38. The van der Waals surface area contributed by atoms with Crippen LogP contribution in [0.4, 0.5) is 5.13 Å². The number of anilines is 1. The SMILES string of the molecule is CCOC(=O)Cc1csc(NN=Cc2ccc(OCCC(C)C)c(OC)c2)n1. The van der Waals surface area contributed by atoms with Gasteiger partial charge < -0.3 is 14.2 Å². The Morgan fingerprint density at radius 1 is 1.36 bits per heavy atom. The lowest BCUT2D eigenvalue weighted by Gasteiger charge is -2.12. The lowest BCUT2D eigenvalue weighted by Crippen LogP contribution is -2.07. The van der Waals surface area contributed by atoms with Gasteiger partial charge in [-0.05, 0) is 43.0 Å². The summed E-state index contributed by atoms with van der Waals surface area (Å²) in [4.78, 5) is 15.8. The summed E-state index contributed by atoms with van der Waals surface area (Å²) in [5.41, 5.74) is 4.39. The first-order valence-corrected chi connectivity index (χ1v) is 10.1. The van der Waals surface area contributed by atoms with Crippen molar-refractivity contribution in [2.75, 3.05) is 25.7 Å². The summed E-state index contributed by atoms with van der Waals surface area (Å²) < 4.78 is 16.1. The minimum Gasteiger partial charge on any atom is -0.493 e. The molecular formula is C20H27N3O4S. The number of esters is 1. The molecule has 2 rings (SSSR count). The highest BCUT2D eigenvalue weighted by Gasteiger charge is 2.08. The standard InChI is InChI=1S/C20H27N3O4S/c1-5-26-19(24)11-16-13-28-20(22-16)23-21-12-15-6-7-17(18(10-15)25-4)27-9-8-14(2)3/h6-7,10,12-14H,5,8-9,11H2,1-4H3,(H,22,23). The molecule has 0 fully saturated rings. The Morgan fingerprint density at radius 3 is 2.89 bits per heavy atom. The van der Waals surface area contributed by atoms with E-state index in [0.29, 0.717) is 35.7 Å². The van der Waals surface area contributed by atoms with Crippen LogP contribution in [-0.2, 0) is 16.0 Å². The lowest BCUT2D eigenvalue weighted by atomic mass is 10.1. The molecule has 0 saturated carbocycles. The Labute approximate surface area is 169 Å². The molecule has 7 nitrogen and oxygen atoms in total. The fourth-order valence-electron chi connectivity index (χ4n) is 2.25. The van der Waals surface area contributed by atoms with Crippen molar-refractivity contribution in [3.8, 4) is 11.5 Å². The zero-order chi connectivity index (χ0) is 20.4. The van der Waals surface area contributed by atoms with Gasteiger partial charge in [-0.15, -0.1) is 11.3 Å². The van der Waals surface area contributed by atoms with Crippen molar-refractivity contribution in [2.45, 2.75) is 33.6 Å². The quantitative estimate of drug-likeness (QED) is 0.344. The fourth-order valence-corrected chi connectivity index (χ4v) is 2.91. The zero-order valence-electron chi connectivity index (χ0n) is 16.7. The Bertz CT molecular complexity index is 790. The van der Waals surface area contributed by atoms with Crippen LogP contribution >= 0.6 is 11.3 Å². The molecule has 1 heterocycles. The molecule has 0 amide bonds. The average molecular weight is 406 g/mol. The molecule has 0 atom stereocenters. The molecule has 0 saturated heterocycles. The molecule has 0 bridgehead atoms. The maximum Gasteiger partial charge on any atom is 0.311 e. The van der Waals surface area contributed by atoms with Gasteiger partial charge in [0.05, 0.1) is 38.7 Å². The monoisotopic (exact) mass is 405 g/mol. The van der Waals surface area contributed by atoms with Crippen molar-refractivity contribution >= 4 is 28.7 Å². The normalized spacial score (nSPS) is 11.0. The molecule has 0 radical (unpaired) electrons. The molecule has 28 heavy (non-hydrogen) atoms. The number of hydrogen-bond acceptors (Lipinski definition) is 8. The van der Waals surface area contributed by atoms with Crippen molar-refractivity contribution in [1.82, 2.24) is 4.98 Å². The minimum absolute atomic E-state index is 0.158. The Morgan fingerprint density at radius 2 is 2.18 bits per heavy atom. The first-order chi connectivity index (χ1) is 13.5. The van der Waals surface area contributed by atoms with Gasteiger partial charge in [0.25, 0.3) is 0 Å². The molecule has 0 spiro atoms. The Hall–Kier alpha value is -2.61. The molecule has 152 valence electrons. The van der Waals surface area contributed by atoms with Crippen LogP contribution in [0.1, 0.15) is 38.4 Å². The van der Waals surface area contributed by atoms with Crippen LogP contribution in [0.25, 0.3) is 0 Å². The highest BCUT2D eigenvalue weighted by atomic mass is 32.1. The second kappa shape index (κ2) is 11.3. The summed E-state index contributed by atoms with van der Waals surface area (Å²) in [5.74, 6) is 1.69. The van der Waals surface area contributed by atoms with Gasteiger partial charge in [0.2, 0.25) is 5.13 Å². The van der Waals surface area contributed by atoms with E-state index in [2.05, 4.69) is 29.4 Å². The molecule has 0 aliphatic carbocycles. The van der Waals surface area contributed by atoms with Gasteiger partial charge in [-0.25, -0.2) is 4.98 Å². The third-order valence-electron chi connectivity index (χ3n) is 3.70. The average Bonchev–Trinajstić information content (AvgIpc) is 3.09. The topological polar surface area (TPSA) is 82.0 Å². The highest BCUT2D eigenvalue weighted by molar-refractivity contribution is 7.13. The Balaban J connectivity index is 1.91. The van der Waals surface area contributed by atoms with Crippen molar-refractivity contribution in [1.29, 1.82) is 0 Å². The van der Waals surface area contributed by atoms with E-state index >= 15 is 0 Å². The minimum atomic E-state index is -0.286. The molecule has 0 unspecified atom stereocenters. The third-order valence-corrected chi connectivity index (χ3v) is 4.49. The largest absolute Gasteiger partial charge is 0.493 e. The van der Waals surface area contributed by atoms with Gasteiger partial charge in [0.1, 0.15) is 0 Å². The number of ether oxygens (including phenoxy) is 3. The van der Waals surface area contributed by atoms with Crippen LogP contribution in [0.2, 0.25) is 0 Å². The van der Waals surface area contributed by atoms with Gasteiger partial charge in [-0.1, -0.05) is 13.8 Å². The number of methoxy groups -OCH3 is 1. The lowest BCUT2D eigenvalue weighted by molar-refractivity contribution is -0.142. The second-order valence-electron chi connectivity index (χ2n) is 6.44. The summed E-state index contributed by atoms with van der Waals surface area (Å²) in [6.07, 6.45) is 2.82. The Kier molecular flexibility index (Phi) is 8.74. The molecule has 8 heteroatoms. The van der Waals surface area contributed by atoms with Crippen LogP contribution in [0, 0.1) is 5.92 Å². The third kappa shape index (κ3) is 7.19. The predicted octanol–water partition coefficient (Wildman–Crippen LogP) is 4.13. The predicted molar refractivity (Wildman–Crippen MR) is 112 cm³/mol. The number of hydrogen-bond donors (Lipinski definition) is 1. The van der Waals surface area contributed by atoms with Crippen LogP contribution in [-0.4, -0.2) is 37.5 Å². The number of aromatic nitrogens is 1. The van der Waals surface area contributed by atoms with E-state index in [1.165, 1.54) is 11.3 Å². The van der Waals surface area contributed by atoms with Crippen molar-refractivity contribution < 1.29 is 19.0 Å². The number of carbonyl (C=O) groups is 1. The number of hydrazone groups is 1. The van der Waals surface area contributed by atoms with E-state index in [-0.39, 0.29) is 12.4 Å². The van der Waals surface area contributed by atoms with Gasteiger partial charge in [0, 0.05) is 5.38 Å². The molecule has 1 aromatic heterocycles. The summed E-state index contributed by atoms with van der Waals surface area (Å²) in [6, 6.07) is 5.65. The smallest absolute Gasteiger partial charge is 0.311 e. The van der Waals surface area contributed by atoms with E-state index in [1.807, 2.05) is 18.2 Å². The van der Waals surface area contributed by atoms with Crippen molar-refractivity contribution in [3.05, 3.63) is 34.8 Å². The number of benzene rings is 1. The maximum atomic E-state index is 11.5. The summed E-state index contributed by atoms with van der Waals surface area (Å²) in [5, 5.41) is 6.61. The van der Waals surface area contributed by atoms with E-state index in [0.717, 1.165) is 17.7 Å². The van der Waals surface area contributed by atoms with Gasteiger partial charge >= 0.3 is 5.97 Å². The number of rotatable bonds is 11. The van der Waals surface area contributed by atoms with E-state index < -0.39 is 0 Å². The molecule has 1 N–H and O–H groups in total. The van der Waals surface area contributed by atoms with Gasteiger partial charge in [-0.3, -0.25) is 10.2 Å². The highest BCUT2D eigenvalue weighted by Crippen LogP contribution is 2.28. The molecular weight excluding hydrogens is 378 g/mol. The second-order valence-corrected chi connectivity index (χ2v) is 7.30. The van der Waals surface area contributed by atoms with Crippen molar-refractivity contribution in [3.63, 3.8) is 0 Å². The molecule has 0 aliphatic heterocycles. The van der Waals surface area contributed by atoms with Crippen molar-refractivity contribution in [2.24, 2.45) is 11.0 Å². The fraction of sp³-hybridized carbons (Fsp3) is 0.450. The zero-order valence-corrected chi connectivity index (χ0v) is 17.5. The summed E-state index contributed by atoms with van der Waals surface area (Å²) in [6.45, 7) is 7.12. The molecule has 2 aromatic rings. The number of nitrogens with zero attached hydrogens (tertiary/aromatic N) is 2. The maximum absolute atomic E-state index is 11.5. The van der Waals surface area contributed by atoms with Gasteiger partial charge in [-0.2, -0.15) is 5.10 Å². The first kappa shape index (κ1) is 21.7. The van der Waals surface area contributed by atoms with Crippen LogP contribution < -0.4 is 14.9 Å². The van der Waals surface area contributed by atoms with Crippen LogP contribution in [0.15, 0.2) is 28.7 Å².